The summed E-state index contributed by atoms with van der Waals surface area (Å²) in [6.45, 7) is 8.66. The molecule has 18 atom stereocenters. The fourth-order valence-corrected chi connectivity index (χ4v) is 8.53. The predicted octanol–water partition coefficient (Wildman–Crippen LogP) is -0.788. The minimum Gasteiger partial charge on any atom is -0.463 e. The zero-order chi connectivity index (χ0) is 56.7. The predicted molar refractivity (Wildman–Crippen MR) is 238 cm³/mol. The van der Waals surface area contributed by atoms with Crippen molar-refractivity contribution in [1.29, 1.82) is 5.26 Å². The van der Waals surface area contributed by atoms with Gasteiger partial charge in [0, 0.05) is 76.2 Å². The zero-order valence-electron chi connectivity index (χ0n) is 43.3. The molecule has 0 aromatic carbocycles. The Kier molecular flexibility index (Phi) is 23.0. The molecule has 0 saturated carbocycles. The van der Waals surface area contributed by atoms with E-state index in [9.17, 15) is 58.0 Å². The van der Waals surface area contributed by atoms with E-state index in [1.54, 1.807) is 0 Å². The van der Waals surface area contributed by atoms with Crippen molar-refractivity contribution in [3.05, 3.63) is 12.2 Å². The molecule has 0 N–H and O–H groups in total. The Morgan fingerprint density at radius 1 is 0.368 bits per heavy atom. The molecule has 4 aliphatic rings. The Bertz CT molecular complexity index is 2230. The molecular formula is C47H61NO28. The molecule has 0 spiro atoms. The van der Waals surface area contributed by atoms with Gasteiger partial charge in [0.25, 0.3) is 0 Å². The summed E-state index contributed by atoms with van der Waals surface area (Å²) in [5.74, 6) is -11.5. The summed E-state index contributed by atoms with van der Waals surface area (Å²) in [6, 6.07) is 1.97. The van der Waals surface area contributed by atoms with Crippen molar-refractivity contribution in [2.75, 3.05) is 26.4 Å². The Morgan fingerprint density at radius 2 is 0.697 bits per heavy atom. The molecule has 0 aliphatic carbocycles. The van der Waals surface area contributed by atoms with Crippen molar-refractivity contribution in [2.24, 2.45) is 5.92 Å². The first-order valence-electron chi connectivity index (χ1n) is 23.4. The molecule has 0 amide bonds. The van der Waals surface area contributed by atoms with Crippen LogP contribution >= 0.6 is 0 Å². The third-order valence-electron chi connectivity index (χ3n) is 11.1. The smallest absolute Gasteiger partial charge is 0.303 e. The SMILES string of the molecule is CC(=O)OC[C@H]1O[C@@H](O[C@H]2[C@H](OC(C)=O)[C@@H]([C@@H]3C=C[C@H](O[C@@H]4O[C@H](COC(C)=O)[C@@H](OC(C)=O)[C@H](OC(C)=O)[C@H]4OC(C)=O)[C@@H](COC(C)=O)O3)[C@@H](C#N)O[C@@H]2COC(C)=O)[C@H](OC(C)=O)[C@@H](OC(C)=O)[C@@H]1OC(C)=O. The van der Waals surface area contributed by atoms with Crippen LogP contribution in [0.3, 0.4) is 0 Å². The van der Waals surface area contributed by atoms with Crippen molar-refractivity contribution in [3.8, 4) is 6.07 Å². The van der Waals surface area contributed by atoms with Crippen molar-refractivity contribution >= 4 is 65.7 Å². The lowest BCUT2D eigenvalue weighted by atomic mass is 9.81. The van der Waals surface area contributed by atoms with Crippen LogP contribution in [0.5, 0.6) is 0 Å². The van der Waals surface area contributed by atoms with Gasteiger partial charge in [-0.25, -0.2) is 0 Å². The number of nitriles is 1. The number of carbonyl (C=O) groups is 11. The normalized spacial score (nSPS) is 32.8. The van der Waals surface area contributed by atoms with Gasteiger partial charge in [0.15, 0.2) is 55.3 Å². The molecule has 0 unspecified atom stereocenters. The average Bonchev–Trinajstić information content (AvgIpc) is 3.29. The van der Waals surface area contributed by atoms with E-state index in [1.165, 1.54) is 12.2 Å². The maximum Gasteiger partial charge on any atom is 0.303 e. The number of nitrogens with zero attached hydrogens (tertiary/aromatic N) is 1. The number of carbonyl (C=O) groups excluding carboxylic acids is 11. The second-order valence-electron chi connectivity index (χ2n) is 17.3. The Labute approximate surface area is 434 Å². The van der Waals surface area contributed by atoms with Gasteiger partial charge < -0.3 is 80.5 Å². The van der Waals surface area contributed by atoms with Crippen molar-refractivity contribution in [3.63, 3.8) is 0 Å². The second-order valence-corrected chi connectivity index (χ2v) is 17.3. The van der Waals surface area contributed by atoms with Crippen LogP contribution in [0.2, 0.25) is 0 Å². The van der Waals surface area contributed by atoms with Gasteiger partial charge in [-0.3, -0.25) is 52.7 Å². The zero-order valence-corrected chi connectivity index (χ0v) is 43.3. The monoisotopic (exact) mass is 1090 g/mol. The summed E-state index contributed by atoms with van der Waals surface area (Å²) in [7, 11) is 0. The van der Waals surface area contributed by atoms with Gasteiger partial charge in [-0.1, -0.05) is 12.2 Å². The molecule has 0 radical (unpaired) electrons. The number of rotatable bonds is 20. The fraction of sp³-hybridized carbons (Fsp3) is 0.702. The van der Waals surface area contributed by atoms with E-state index in [0.29, 0.717) is 0 Å². The second kappa shape index (κ2) is 28.3. The van der Waals surface area contributed by atoms with Crippen LogP contribution in [0.25, 0.3) is 0 Å². The molecule has 0 bridgehead atoms. The third-order valence-corrected chi connectivity index (χ3v) is 11.1. The highest BCUT2D eigenvalue weighted by Crippen LogP contribution is 2.40. The molecule has 3 fully saturated rings. The highest BCUT2D eigenvalue weighted by Gasteiger charge is 2.59. The summed E-state index contributed by atoms with van der Waals surface area (Å²) in [5.41, 5.74) is 0. The van der Waals surface area contributed by atoms with E-state index in [4.69, 9.17) is 80.5 Å². The molecule has 4 heterocycles. The van der Waals surface area contributed by atoms with E-state index in [-0.39, 0.29) is 0 Å². The van der Waals surface area contributed by atoms with Crippen LogP contribution in [0.1, 0.15) is 76.2 Å². The summed E-state index contributed by atoms with van der Waals surface area (Å²) in [6.07, 6.45) is -25.2. The van der Waals surface area contributed by atoms with Crippen LogP contribution in [0.4, 0.5) is 0 Å². The largest absolute Gasteiger partial charge is 0.463 e. The molecule has 29 nitrogen and oxygen atoms in total. The fourth-order valence-electron chi connectivity index (χ4n) is 8.53. The van der Waals surface area contributed by atoms with E-state index in [1.807, 2.05) is 6.07 Å². The van der Waals surface area contributed by atoms with E-state index in [0.717, 1.165) is 76.2 Å². The molecule has 4 aliphatic heterocycles. The van der Waals surface area contributed by atoms with E-state index in [2.05, 4.69) is 0 Å². The molecule has 76 heavy (non-hydrogen) atoms. The summed E-state index contributed by atoms with van der Waals surface area (Å²) in [5, 5.41) is 10.7. The van der Waals surface area contributed by atoms with Gasteiger partial charge in [-0.05, 0) is 0 Å². The topological polar surface area (TPSA) is 368 Å². The van der Waals surface area contributed by atoms with Gasteiger partial charge in [-0.15, -0.1) is 0 Å². The maximum atomic E-state index is 13.2. The summed E-state index contributed by atoms with van der Waals surface area (Å²) >= 11 is 0. The molecule has 0 aromatic rings. The van der Waals surface area contributed by atoms with Gasteiger partial charge in [0.2, 0.25) is 0 Å². The minimum atomic E-state index is -1.95. The third kappa shape index (κ3) is 17.9. The minimum absolute atomic E-state index is 0.609. The Morgan fingerprint density at radius 3 is 1.07 bits per heavy atom. The molecular weight excluding hydrogens is 1030 g/mol. The van der Waals surface area contributed by atoms with Crippen LogP contribution < -0.4 is 0 Å². The van der Waals surface area contributed by atoms with E-state index >= 15 is 0 Å². The first kappa shape index (κ1) is 61.7. The van der Waals surface area contributed by atoms with Gasteiger partial charge >= 0.3 is 65.7 Å². The Hall–Kier alpha value is -6.84. The first-order chi connectivity index (χ1) is 35.7. The number of hydrogen-bond donors (Lipinski definition) is 0. The van der Waals surface area contributed by atoms with Crippen LogP contribution in [-0.2, 0) is 133 Å². The number of esters is 11. The lowest BCUT2D eigenvalue weighted by Crippen LogP contribution is -2.67. The van der Waals surface area contributed by atoms with Gasteiger partial charge in [0.05, 0.1) is 18.1 Å². The number of ether oxygens (including phenoxy) is 17. The summed E-state index contributed by atoms with van der Waals surface area (Å²) < 4.78 is 97.7. The molecule has 29 heteroatoms. The van der Waals surface area contributed by atoms with Gasteiger partial charge in [0.1, 0.15) is 69.2 Å². The van der Waals surface area contributed by atoms with Crippen molar-refractivity contribution in [1.82, 2.24) is 0 Å². The van der Waals surface area contributed by atoms with Crippen LogP contribution in [0.15, 0.2) is 12.2 Å². The first-order valence-corrected chi connectivity index (χ1v) is 23.4. The quantitative estimate of drug-likeness (QED) is 0.0819. The highest BCUT2D eigenvalue weighted by molar-refractivity contribution is 5.70. The van der Waals surface area contributed by atoms with Gasteiger partial charge in [-0.2, -0.15) is 5.26 Å². The molecule has 422 valence electrons. The number of hydrogen-bond acceptors (Lipinski definition) is 29. The van der Waals surface area contributed by atoms with Crippen molar-refractivity contribution < 1.29 is 133 Å². The Balaban J connectivity index is 1.88. The van der Waals surface area contributed by atoms with Crippen LogP contribution in [-0.4, -0.2) is 196 Å². The standard InChI is InChI=1S/C47H61NO28/c1-19(49)60-15-33-30(73-46-44(69-28(10)58)42(67-26(8)56)39(64-23(5)53)35(74-46)17-62-21(3)51)12-13-31(71-33)37-32(14-48)72-34(16-61-20(2)50)38(41(37)66-25(7)55)76-47-45(70-29(11)59)43(68-27(9)57)40(65-24(6)54)36(75-47)18-63-22(4)52/h12-13,30-47H,15-18H2,1-11H3/t30-,31-,32+,33+,34+,35+,36+,37-,38+,39+,40+,41+,42-,43-,44+,45+,46+,47-/m0/s1. The lowest BCUT2D eigenvalue weighted by molar-refractivity contribution is -0.343. The van der Waals surface area contributed by atoms with Crippen LogP contribution in [0, 0.1) is 17.2 Å². The maximum absolute atomic E-state index is 13.2. The lowest BCUT2D eigenvalue weighted by Gasteiger charge is -2.50. The van der Waals surface area contributed by atoms with Crippen molar-refractivity contribution in [2.45, 2.75) is 180 Å². The molecule has 4 rings (SSSR count). The molecule has 0 aromatic heterocycles. The molecule has 3 saturated heterocycles. The highest BCUT2D eigenvalue weighted by atomic mass is 16.8. The average molecular weight is 1090 g/mol. The summed E-state index contributed by atoms with van der Waals surface area (Å²) in [4.78, 5) is 137. The van der Waals surface area contributed by atoms with E-state index < -0.39 is 202 Å².